The number of urea groups is 1. The Morgan fingerprint density at radius 3 is 2.62 bits per heavy atom. The molecule has 0 fully saturated rings. The molecule has 0 radical (unpaired) electrons. The van der Waals surface area contributed by atoms with E-state index in [1.165, 1.54) is 0 Å². The normalized spacial score (nSPS) is 12.0. The number of benzene rings is 3. The van der Waals surface area contributed by atoms with Gasteiger partial charge in [-0.05, 0) is 47.2 Å². The van der Waals surface area contributed by atoms with E-state index in [4.69, 9.17) is 9.47 Å². The number of rotatable bonds is 6. The van der Waals surface area contributed by atoms with Crippen LogP contribution >= 0.6 is 0 Å². The van der Waals surface area contributed by atoms with Crippen LogP contribution in [0.2, 0.25) is 0 Å². The van der Waals surface area contributed by atoms with Crippen molar-refractivity contribution in [2.45, 2.75) is 26.6 Å². The van der Waals surface area contributed by atoms with Crippen LogP contribution in [0, 0.1) is 6.92 Å². The average Bonchev–Trinajstić information content (AvgIpc) is 3.32. The zero-order chi connectivity index (χ0) is 23.5. The zero-order valence-electron chi connectivity index (χ0n) is 18.8. The first-order valence-electron chi connectivity index (χ1n) is 11.1. The number of hydrogen-bond donors (Lipinski definition) is 2. The number of H-pyrrole nitrogens is 1. The Balaban J connectivity index is 1.42. The van der Waals surface area contributed by atoms with Crippen LogP contribution in [-0.4, -0.2) is 22.7 Å². The minimum Gasteiger partial charge on any atom is -0.454 e. The quantitative estimate of drug-likeness (QED) is 0.449. The molecule has 7 nitrogen and oxygen atoms in total. The number of carbonyl (C=O) groups excluding carboxylic acids is 1. The molecule has 1 aromatic heterocycles. The van der Waals surface area contributed by atoms with Gasteiger partial charge in [0.2, 0.25) is 6.79 Å². The van der Waals surface area contributed by atoms with Crippen LogP contribution in [0.5, 0.6) is 11.5 Å². The topological polar surface area (TPSA) is 83.7 Å². The number of nitrogens with zero attached hydrogens (tertiary/aromatic N) is 1. The lowest BCUT2D eigenvalue weighted by atomic mass is 10.1. The van der Waals surface area contributed by atoms with Gasteiger partial charge in [-0.1, -0.05) is 54.6 Å². The third kappa shape index (κ3) is 4.59. The standard InChI is InChI=1S/C27H25N3O4/c1-18-6-5-9-21-13-22(26(31)29-25(18)21)16-30(27(32)28-14-19-7-3-2-4-8-19)15-20-10-11-23-24(12-20)34-17-33-23/h2-13H,14-17H2,1H3,(H,28,32)(H,29,31). The smallest absolute Gasteiger partial charge is 0.318 e. The van der Waals surface area contributed by atoms with Crippen LogP contribution in [0.15, 0.2) is 77.6 Å². The van der Waals surface area contributed by atoms with Gasteiger partial charge < -0.3 is 24.7 Å². The van der Waals surface area contributed by atoms with Crippen LogP contribution in [0.4, 0.5) is 4.79 Å². The number of pyridine rings is 1. The molecule has 0 bridgehead atoms. The number of hydrogen-bond acceptors (Lipinski definition) is 4. The third-order valence-electron chi connectivity index (χ3n) is 5.91. The summed E-state index contributed by atoms with van der Waals surface area (Å²) in [5.41, 5.74) is 4.01. The monoisotopic (exact) mass is 455 g/mol. The van der Waals surface area contributed by atoms with Gasteiger partial charge in [0.25, 0.3) is 5.56 Å². The van der Waals surface area contributed by atoms with Crippen LogP contribution in [-0.2, 0) is 19.6 Å². The largest absolute Gasteiger partial charge is 0.454 e. The number of aryl methyl sites for hydroxylation is 1. The third-order valence-corrected chi connectivity index (χ3v) is 5.91. The summed E-state index contributed by atoms with van der Waals surface area (Å²) in [6, 6.07) is 22.8. The summed E-state index contributed by atoms with van der Waals surface area (Å²) in [4.78, 5) is 30.7. The predicted octanol–water partition coefficient (Wildman–Crippen LogP) is 4.48. The maximum atomic E-state index is 13.2. The van der Waals surface area contributed by atoms with Gasteiger partial charge in [-0.15, -0.1) is 0 Å². The molecule has 4 aromatic rings. The molecular weight excluding hydrogens is 430 g/mol. The number of amides is 2. The SMILES string of the molecule is Cc1cccc2cc(CN(Cc3ccc4c(c3)OCO4)C(=O)NCc3ccccc3)c(=O)[nH]c12. The first-order chi connectivity index (χ1) is 16.6. The molecule has 1 aliphatic rings. The van der Waals surface area contributed by atoms with Gasteiger partial charge >= 0.3 is 6.03 Å². The molecular formula is C27H25N3O4. The highest BCUT2D eigenvalue weighted by atomic mass is 16.7. The maximum Gasteiger partial charge on any atom is 0.318 e. The van der Waals surface area contributed by atoms with Gasteiger partial charge in [-0.25, -0.2) is 4.79 Å². The second-order valence-electron chi connectivity index (χ2n) is 8.35. The summed E-state index contributed by atoms with van der Waals surface area (Å²) in [7, 11) is 0. The number of fused-ring (bicyclic) bond motifs is 2. The van der Waals surface area contributed by atoms with E-state index in [1.54, 1.807) is 4.90 Å². The number of para-hydroxylation sites is 1. The second kappa shape index (κ2) is 9.31. The summed E-state index contributed by atoms with van der Waals surface area (Å²) in [5.74, 6) is 1.34. The van der Waals surface area contributed by atoms with E-state index in [2.05, 4.69) is 10.3 Å². The minimum atomic E-state index is -0.259. The Morgan fingerprint density at radius 2 is 1.76 bits per heavy atom. The van der Waals surface area contributed by atoms with Crippen molar-refractivity contribution in [2.24, 2.45) is 0 Å². The van der Waals surface area contributed by atoms with Gasteiger partial charge in [0.1, 0.15) is 0 Å². The highest BCUT2D eigenvalue weighted by molar-refractivity contribution is 5.82. The highest BCUT2D eigenvalue weighted by Crippen LogP contribution is 2.33. The van der Waals surface area contributed by atoms with E-state index in [0.717, 1.165) is 27.6 Å². The van der Waals surface area contributed by atoms with Crippen molar-refractivity contribution < 1.29 is 14.3 Å². The van der Waals surface area contributed by atoms with Crippen molar-refractivity contribution in [3.8, 4) is 11.5 Å². The lowest BCUT2D eigenvalue weighted by Gasteiger charge is -2.23. The van der Waals surface area contributed by atoms with Crippen molar-refractivity contribution in [1.82, 2.24) is 15.2 Å². The summed E-state index contributed by atoms with van der Waals surface area (Å²) < 4.78 is 10.9. The fraction of sp³-hybridized carbons (Fsp3) is 0.185. The van der Waals surface area contributed by atoms with Gasteiger partial charge in [-0.2, -0.15) is 0 Å². The number of nitrogens with one attached hydrogen (secondary N) is 2. The van der Waals surface area contributed by atoms with Crippen LogP contribution in [0.1, 0.15) is 22.3 Å². The van der Waals surface area contributed by atoms with E-state index in [1.807, 2.05) is 79.7 Å². The van der Waals surface area contributed by atoms with Gasteiger partial charge in [0, 0.05) is 18.7 Å². The Labute approximate surface area is 196 Å². The number of aromatic nitrogens is 1. The second-order valence-corrected chi connectivity index (χ2v) is 8.35. The first kappa shape index (κ1) is 21.6. The Bertz CT molecular complexity index is 1400. The van der Waals surface area contributed by atoms with E-state index in [9.17, 15) is 9.59 Å². The predicted molar refractivity (Wildman–Crippen MR) is 130 cm³/mol. The fourth-order valence-corrected chi connectivity index (χ4v) is 4.10. The minimum absolute atomic E-state index is 0.161. The summed E-state index contributed by atoms with van der Waals surface area (Å²) in [6.07, 6.45) is 0. The zero-order valence-corrected chi connectivity index (χ0v) is 18.8. The van der Waals surface area contributed by atoms with Crippen LogP contribution in [0.25, 0.3) is 10.9 Å². The Morgan fingerprint density at radius 1 is 0.941 bits per heavy atom. The molecule has 7 heteroatoms. The fourth-order valence-electron chi connectivity index (χ4n) is 4.10. The molecule has 2 amide bonds. The van der Waals surface area contributed by atoms with Crippen molar-refractivity contribution in [2.75, 3.05) is 6.79 Å². The van der Waals surface area contributed by atoms with Gasteiger partial charge in [-0.3, -0.25) is 4.79 Å². The number of aromatic amines is 1. The van der Waals surface area contributed by atoms with Crippen molar-refractivity contribution in [1.29, 1.82) is 0 Å². The molecule has 172 valence electrons. The molecule has 0 saturated carbocycles. The lowest BCUT2D eigenvalue weighted by Crippen LogP contribution is -2.39. The van der Waals surface area contributed by atoms with Crippen molar-refractivity contribution in [3.05, 3.63) is 105 Å². The van der Waals surface area contributed by atoms with E-state index < -0.39 is 0 Å². The molecule has 2 heterocycles. The molecule has 0 saturated heterocycles. The molecule has 2 N–H and O–H groups in total. The summed E-state index contributed by atoms with van der Waals surface area (Å²) >= 11 is 0. The van der Waals surface area contributed by atoms with E-state index in [0.29, 0.717) is 30.2 Å². The number of carbonyl (C=O) groups is 1. The lowest BCUT2D eigenvalue weighted by molar-refractivity contribution is 0.173. The van der Waals surface area contributed by atoms with E-state index >= 15 is 0 Å². The maximum absolute atomic E-state index is 13.2. The Hall–Kier alpha value is -4.26. The first-order valence-corrected chi connectivity index (χ1v) is 11.1. The molecule has 3 aromatic carbocycles. The molecule has 0 unspecified atom stereocenters. The van der Waals surface area contributed by atoms with Crippen LogP contribution in [0.3, 0.4) is 0 Å². The molecule has 0 spiro atoms. The molecule has 1 aliphatic heterocycles. The molecule has 34 heavy (non-hydrogen) atoms. The van der Waals surface area contributed by atoms with Crippen LogP contribution < -0.4 is 20.3 Å². The van der Waals surface area contributed by atoms with Crippen molar-refractivity contribution >= 4 is 16.9 Å². The van der Waals surface area contributed by atoms with E-state index in [-0.39, 0.29) is 24.9 Å². The average molecular weight is 456 g/mol. The van der Waals surface area contributed by atoms with Gasteiger partial charge in [0.05, 0.1) is 12.1 Å². The highest BCUT2D eigenvalue weighted by Gasteiger charge is 2.19. The summed E-state index contributed by atoms with van der Waals surface area (Å²) in [6.45, 7) is 3.01. The van der Waals surface area contributed by atoms with Gasteiger partial charge in [0.15, 0.2) is 11.5 Å². The Kier molecular flexibility index (Phi) is 5.91. The molecule has 0 atom stereocenters. The van der Waals surface area contributed by atoms with Crippen molar-refractivity contribution in [3.63, 3.8) is 0 Å². The summed E-state index contributed by atoms with van der Waals surface area (Å²) in [5, 5.41) is 3.91. The number of ether oxygens (including phenoxy) is 2. The molecule has 5 rings (SSSR count). The molecule has 0 aliphatic carbocycles.